The van der Waals surface area contributed by atoms with E-state index in [0.29, 0.717) is 0 Å². The minimum absolute atomic E-state index is 0.0641. The highest BCUT2D eigenvalue weighted by Gasteiger charge is 2.32. The first-order chi connectivity index (χ1) is 14.3. The summed E-state index contributed by atoms with van der Waals surface area (Å²) in [5, 5.41) is 34.7. The molecule has 0 aromatic heterocycles. The van der Waals surface area contributed by atoms with E-state index in [9.17, 15) is 29.1 Å². The molecular formula is C18H33N5O8. The largest absolute Gasteiger partial charge is 0.480 e. The van der Waals surface area contributed by atoms with Crippen LogP contribution >= 0.6 is 0 Å². The molecule has 4 amide bonds. The van der Waals surface area contributed by atoms with Gasteiger partial charge in [-0.1, -0.05) is 13.8 Å². The Morgan fingerprint density at radius 2 is 1.45 bits per heavy atom. The lowest BCUT2D eigenvalue weighted by Crippen LogP contribution is -2.60. The smallest absolute Gasteiger partial charge is 0.328 e. The number of amides is 4. The van der Waals surface area contributed by atoms with Crippen LogP contribution < -0.4 is 27.4 Å². The maximum absolute atomic E-state index is 12.6. The van der Waals surface area contributed by atoms with Gasteiger partial charge < -0.3 is 42.7 Å². The van der Waals surface area contributed by atoms with E-state index in [1.807, 2.05) is 0 Å². The van der Waals surface area contributed by atoms with E-state index in [1.165, 1.54) is 6.92 Å². The summed E-state index contributed by atoms with van der Waals surface area (Å²) in [7, 11) is 0. The molecule has 0 saturated carbocycles. The van der Waals surface area contributed by atoms with Crippen LogP contribution in [0.1, 0.15) is 40.0 Å². The minimum atomic E-state index is -1.56. The molecule has 0 heterocycles. The van der Waals surface area contributed by atoms with Gasteiger partial charge in [0.1, 0.15) is 18.1 Å². The number of carboxylic acids is 1. The second-order valence-electron chi connectivity index (χ2n) is 7.61. The first-order valence-corrected chi connectivity index (χ1v) is 9.76. The number of primary amides is 1. The number of aliphatic hydroxyl groups is 2. The van der Waals surface area contributed by atoms with Crippen molar-refractivity contribution in [2.45, 2.75) is 70.3 Å². The highest BCUT2D eigenvalue weighted by atomic mass is 16.4. The maximum atomic E-state index is 12.6. The average Bonchev–Trinajstić information content (AvgIpc) is 2.66. The SMILES string of the molecule is CC(C)CC(NC(=O)C(NC(=O)C(N)CCC(N)=O)C(C)O)C(=O)NC(CO)C(=O)O. The molecule has 178 valence electrons. The van der Waals surface area contributed by atoms with Crippen molar-refractivity contribution in [3.63, 3.8) is 0 Å². The van der Waals surface area contributed by atoms with Gasteiger partial charge in [-0.3, -0.25) is 19.2 Å². The van der Waals surface area contributed by atoms with Gasteiger partial charge >= 0.3 is 5.97 Å². The van der Waals surface area contributed by atoms with E-state index in [1.54, 1.807) is 13.8 Å². The highest BCUT2D eigenvalue weighted by molar-refractivity contribution is 5.94. The van der Waals surface area contributed by atoms with Crippen LogP contribution in [0.15, 0.2) is 0 Å². The fourth-order valence-corrected chi connectivity index (χ4v) is 2.52. The molecule has 0 saturated heterocycles. The van der Waals surface area contributed by atoms with Gasteiger partial charge in [0, 0.05) is 6.42 Å². The van der Waals surface area contributed by atoms with Crippen LogP contribution in [0.5, 0.6) is 0 Å². The fraction of sp³-hybridized carbons (Fsp3) is 0.722. The standard InChI is InChI=1S/C18H33N5O8/c1-8(2)6-11(16(28)22-12(7-24)18(30)31)21-17(29)14(9(3)25)23-15(27)10(19)4-5-13(20)26/h8-12,14,24-25H,4-7,19H2,1-3H3,(H2,20,26)(H,21,29)(H,22,28)(H,23,27)(H,30,31). The summed E-state index contributed by atoms with van der Waals surface area (Å²) in [5.41, 5.74) is 10.7. The highest BCUT2D eigenvalue weighted by Crippen LogP contribution is 2.07. The summed E-state index contributed by atoms with van der Waals surface area (Å²) in [6.45, 7) is 3.92. The molecule has 0 aliphatic rings. The molecule has 0 aromatic rings. The summed E-state index contributed by atoms with van der Waals surface area (Å²) in [6.07, 6.45) is -1.45. The van der Waals surface area contributed by atoms with Crippen molar-refractivity contribution in [1.82, 2.24) is 16.0 Å². The molecule has 0 fully saturated rings. The molecule has 0 bridgehead atoms. The molecule has 13 nitrogen and oxygen atoms in total. The normalized spacial score (nSPS) is 15.8. The first-order valence-electron chi connectivity index (χ1n) is 9.76. The molecule has 0 rings (SSSR count). The number of rotatable bonds is 14. The molecular weight excluding hydrogens is 414 g/mol. The van der Waals surface area contributed by atoms with E-state index in [4.69, 9.17) is 21.7 Å². The second kappa shape index (κ2) is 13.5. The predicted molar refractivity (Wildman–Crippen MR) is 108 cm³/mol. The van der Waals surface area contributed by atoms with Gasteiger partial charge in [0.15, 0.2) is 0 Å². The van der Waals surface area contributed by atoms with Gasteiger partial charge in [-0.2, -0.15) is 0 Å². The molecule has 0 aromatic carbocycles. The molecule has 13 heteroatoms. The van der Waals surface area contributed by atoms with Crippen molar-refractivity contribution in [2.75, 3.05) is 6.61 Å². The van der Waals surface area contributed by atoms with Crippen LogP contribution in [-0.4, -0.2) is 81.8 Å². The van der Waals surface area contributed by atoms with Crippen molar-refractivity contribution in [3.05, 3.63) is 0 Å². The molecule has 0 spiro atoms. The van der Waals surface area contributed by atoms with Gasteiger partial charge in [0.2, 0.25) is 23.6 Å². The van der Waals surface area contributed by atoms with Crippen LogP contribution in [0, 0.1) is 5.92 Å². The number of carboxylic acid groups (broad SMARTS) is 1. The van der Waals surface area contributed by atoms with Crippen LogP contribution in [0.2, 0.25) is 0 Å². The first kappa shape index (κ1) is 28.2. The molecule has 0 aliphatic heterocycles. The number of carbonyl (C=O) groups is 5. The lowest BCUT2D eigenvalue weighted by molar-refractivity contribution is -0.143. The van der Waals surface area contributed by atoms with Crippen molar-refractivity contribution in [3.8, 4) is 0 Å². The zero-order valence-electron chi connectivity index (χ0n) is 17.8. The topological polar surface area (TPSA) is 234 Å². The Morgan fingerprint density at radius 1 is 0.903 bits per heavy atom. The Kier molecular flexibility index (Phi) is 12.3. The van der Waals surface area contributed by atoms with E-state index in [2.05, 4.69) is 16.0 Å². The third kappa shape index (κ3) is 10.7. The van der Waals surface area contributed by atoms with Crippen LogP contribution in [0.25, 0.3) is 0 Å². The summed E-state index contributed by atoms with van der Waals surface area (Å²) in [6, 6.07) is -5.38. The molecule has 0 radical (unpaired) electrons. The van der Waals surface area contributed by atoms with E-state index < -0.39 is 66.5 Å². The van der Waals surface area contributed by atoms with Gasteiger partial charge in [-0.15, -0.1) is 0 Å². The van der Waals surface area contributed by atoms with Gasteiger partial charge in [-0.05, 0) is 25.7 Å². The predicted octanol–water partition coefficient (Wildman–Crippen LogP) is -3.46. The summed E-state index contributed by atoms with van der Waals surface area (Å²) in [4.78, 5) is 59.1. The number of carbonyl (C=O) groups excluding carboxylic acids is 4. The zero-order chi connectivity index (χ0) is 24.3. The molecule has 31 heavy (non-hydrogen) atoms. The maximum Gasteiger partial charge on any atom is 0.328 e. The Morgan fingerprint density at radius 3 is 1.87 bits per heavy atom. The summed E-state index contributed by atoms with van der Waals surface area (Å²) in [5.74, 6) is -4.75. The Labute approximate surface area is 179 Å². The second-order valence-corrected chi connectivity index (χ2v) is 7.61. The van der Waals surface area contributed by atoms with Crippen LogP contribution in [0.4, 0.5) is 0 Å². The molecule has 10 N–H and O–H groups in total. The van der Waals surface area contributed by atoms with E-state index >= 15 is 0 Å². The number of nitrogens with two attached hydrogens (primary N) is 2. The fourth-order valence-electron chi connectivity index (χ4n) is 2.52. The summed E-state index contributed by atoms with van der Waals surface area (Å²) >= 11 is 0. The number of aliphatic hydroxyl groups excluding tert-OH is 2. The Hall–Kier alpha value is -2.77. The third-order valence-electron chi connectivity index (χ3n) is 4.24. The van der Waals surface area contributed by atoms with Crippen LogP contribution in [0.3, 0.4) is 0 Å². The minimum Gasteiger partial charge on any atom is -0.480 e. The van der Waals surface area contributed by atoms with Gasteiger partial charge in [0.05, 0.1) is 18.8 Å². The lowest BCUT2D eigenvalue weighted by atomic mass is 10.0. The molecule has 0 aliphatic carbocycles. The number of hydrogen-bond acceptors (Lipinski definition) is 8. The Bertz CT molecular complexity index is 655. The Balaban J connectivity index is 5.30. The van der Waals surface area contributed by atoms with Crippen molar-refractivity contribution in [2.24, 2.45) is 17.4 Å². The lowest BCUT2D eigenvalue weighted by Gasteiger charge is -2.27. The number of nitrogens with one attached hydrogen (secondary N) is 3. The van der Waals surface area contributed by atoms with Gasteiger partial charge in [-0.25, -0.2) is 4.79 Å². The average molecular weight is 447 g/mol. The van der Waals surface area contributed by atoms with E-state index in [-0.39, 0.29) is 25.2 Å². The van der Waals surface area contributed by atoms with Crippen molar-refractivity contribution >= 4 is 29.6 Å². The van der Waals surface area contributed by atoms with Crippen LogP contribution in [-0.2, 0) is 24.0 Å². The van der Waals surface area contributed by atoms with E-state index in [0.717, 1.165) is 0 Å². The number of hydrogen-bond donors (Lipinski definition) is 8. The molecule has 5 unspecified atom stereocenters. The zero-order valence-corrected chi connectivity index (χ0v) is 17.8. The monoisotopic (exact) mass is 447 g/mol. The van der Waals surface area contributed by atoms with Crippen molar-refractivity contribution < 1.29 is 39.3 Å². The number of aliphatic carboxylic acids is 1. The van der Waals surface area contributed by atoms with Crippen molar-refractivity contribution in [1.29, 1.82) is 0 Å². The quantitative estimate of drug-likeness (QED) is 0.132. The molecule has 5 atom stereocenters. The third-order valence-corrected chi connectivity index (χ3v) is 4.24. The van der Waals surface area contributed by atoms with Gasteiger partial charge in [0.25, 0.3) is 0 Å². The summed E-state index contributed by atoms with van der Waals surface area (Å²) < 4.78 is 0.